The normalized spacial score (nSPS) is 11.6. The van der Waals surface area contributed by atoms with E-state index < -0.39 is 9.84 Å². The van der Waals surface area contributed by atoms with E-state index in [0.717, 1.165) is 27.1 Å². The molecule has 3 aromatic carbocycles. The number of halogens is 1. The van der Waals surface area contributed by atoms with Crippen LogP contribution in [0.25, 0.3) is 10.9 Å². The molecular formula is C25H23ClN2O3S. The largest absolute Gasteiger partial charge is 0.348 e. The van der Waals surface area contributed by atoms with Gasteiger partial charge in [0.05, 0.1) is 10.6 Å². The molecule has 7 heteroatoms. The Kier molecular flexibility index (Phi) is 6.35. The number of hydrogen-bond acceptors (Lipinski definition) is 3. The van der Waals surface area contributed by atoms with Crippen LogP contribution in [0.5, 0.6) is 0 Å². The highest BCUT2D eigenvalue weighted by molar-refractivity contribution is 7.91. The molecule has 0 aliphatic rings. The first-order valence-electron chi connectivity index (χ1n) is 10.3. The number of nitrogens with zero attached hydrogens (tertiary/aromatic N) is 1. The summed E-state index contributed by atoms with van der Waals surface area (Å²) < 4.78 is 25.9. The van der Waals surface area contributed by atoms with Crippen LogP contribution in [0.2, 0.25) is 5.02 Å². The molecule has 4 aromatic rings. The van der Waals surface area contributed by atoms with Crippen molar-refractivity contribution in [2.75, 3.05) is 5.75 Å². The fourth-order valence-corrected chi connectivity index (χ4v) is 4.63. The van der Waals surface area contributed by atoms with Gasteiger partial charge < -0.3 is 9.88 Å². The van der Waals surface area contributed by atoms with Crippen molar-refractivity contribution in [2.24, 2.45) is 0 Å². The number of amides is 1. The first-order chi connectivity index (χ1) is 15.4. The Morgan fingerprint density at radius 1 is 1.00 bits per heavy atom. The van der Waals surface area contributed by atoms with Crippen molar-refractivity contribution in [2.45, 2.75) is 24.9 Å². The highest BCUT2D eigenvalue weighted by atomic mass is 35.5. The lowest BCUT2D eigenvalue weighted by Gasteiger charge is -2.09. The van der Waals surface area contributed by atoms with Crippen LogP contribution in [0.1, 0.15) is 28.4 Å². The summed E-state index contributed by atoms with van der Waals surface area (Å²) in [6.45, 7) is 2.58. The van der Waals surface area contributed by atoms with Gasteiger partial charge in [0.15, 0.2) is 9.84 Å². The smallest absolute Gasteiger partial charge is 0.251 e. The standard InChI is InChI=1S/C25H23ClN2O3S/c1-2-32(30,31)22-10-7-18(8-11-22)16-27-25(29)20-9-12-24-19(15-20)13-14-28(24)17-21-5-3-4-6-23(21)26/h3-15H,2,16-17H2,1H3,(H,27,29). The van der Waals surface area contributed by atoms with Gasteiger partial charge in [0, 0.05) is 40.8 Å². The Balaban J connectivity index is 1.45. The Bertz CT molecular complexity index is 1380. The minimum absolute atomic E-state index is 0.0612. The molecule has 32 heavy (non-hydrogen) atoms. The number of hydrogen-bond donors (Lipinski definition) is 1. The van der Waals surface area contributed by atoms with Crippen LogP contribution in [0, 0.1) is 0 Å². The maximum absolute atomic E-state index is 12.6. The first kappa shape index (κ1) is 22.1. The fourth-order valence-electron chi connectivity index (χ4n) is 3.56. The lowest BCUT2D eigenvalue weighted by molar-refractivity contribution is 0.0951. The molecule has 164 valence electrons. The SMILES string of the molecule is CCS(=O)(=O)c1ccc(CNC(=O)c2ccc3c(ccn3Cc3ccccc3Cl)c2)cc1. The molecule has 1 heterocycles. The molecule has 0 atom stereocenters. The van der Waals surface area contributed by atoms with Gasteiger partial charge in [-0.15, -0.1) is 0 Å². The maximum atomic E-state index is 12.6. The summed E-state index contributed by atoms with van der Waals surface area (Å²) in [5.41, 5.74) is 3.46. The molecule has 1 aromatic heterocycles. The summed E-state index contributed by atoms with van der Waals surface area (Å²) in [6.07, 6.45) is 1.99. The highest BCUT2D eigenvalue weighted by Gasteiger charge is 2.12. The molecule has 0 bridgehead atoms. The van der Waals surface area contributed by atoms with Crippen LogP contribution < -0.4 is 5.32 Å². The average molecular weight is 467 g/mol. The van der Waals surface area contributed by atoms with Crippen LogP contribution in [-0.4, -0.2) is 24.6 Å². The molecular weight excluding hydrogens is 444 g/mol. The van der Waals surface area contributed by atoms with Crippen LogP contribution in [0.15, 0.2) is 83.9 Å². The molecule has 0 saturated heterocycles. The monoisotopic (exact) mass is 466 g/mol. The summed E-state index contributed by atoms with van der Waals surface area (Å²) in [7, 11) is -3.23. The van der Waals surface area contributed by atoms with Gasteiger partial charge in [0.2, 0.25) is 0 Å². The minimum Gasteiger partial charge on any atom is -0.348 e. The number of nitrogens with one attached hydrogen (secondary N) is 1. The Hall–Kier alpha value is -3.09. The molecule has 4 rings (SSSR count). The third-order valence-electron chi connectivity index (χ3n) is 5.45. The van der Waals surface area contributed by atoms with Gasteiger partial charge in [-0.05, 0) is 53.6 Å². The van der Waals surface area contributed by atoms with E-state index in [0.29, 0.717) is 23.5 Å². The second kappa shape index (κ2) is 9.18. The van der Waals surface area contributed by atoms with E-state index in [9.17, 15) is 13.2 Å². The zero-order valence-corrected chi connectivity index (χ0v) is 19.2. The van der Waals surface area contributed by atoms with Crippen LogP contribution in [0.3, 0.4) is 0 Å². The zero-order chi connectivity index (χ0) is 22.7. The third-order valence-corrected chi connectivity index (χ3v) is 7.57. The van der Waals surface area contributed by atoms with Crippen molar-refractivity contribution in [3.8, 4) is 0 Å². The van der Waals surface area contributed by atoms with Crippen molar-refractivity contribution >= 4 is 38.2 Å². The van der Waals surface area contributed by atoms with Crippen molar-refractivity contribution in [3.05, 3.63) is 101 Å². The summed E-state index contributed by atoms with van der Waals surface area (Å²) in [5.74, 6) is -0.123. The highest BCUT2D eigenvalue weighted by Crippen LogP contribution is 2.22. The maximum Gasteiger partial charge on any atom is 0.251 e. The van der Waals surface area contributed by atoms with Gasteiger partial charge >= 0.3 is 0 Å². The molecule has 0 unspecified atom stereocenters. The summed E-state index contributed by atoms with van der Waals surface area (Å²) >= 11 is 6.29. The molecule has 1 amide bonds. The number of rotatable bonds is 7. The zero-order valence-electron chi connectivity index (χ0n) is 17.6. The predicted molar refractivity (Wildman–Crippen MR) is 128 cm³/mol. The lowest BCUT2D eigenvalue weighted by Crippen LogP contribution is -2.22. The molecule has 0 spiro atoms. The first-order valence-corrected chi connectivity index (χ1v) is 12.3. The fraction of sp³-hybridized carbons (Fsp3) is 0.160. The number of carbonyl (C=O) groups is 1. The number of benzene rings is 3. The van der Waals surface area contributed by atoms with E-state index in [1.165, 1.54) is 0 Å². The van der Waals surface area contributed by atoms with Gasteiger partial charge in [-0.25, -0.2) is 8.42 Å². The van der Waals surface area contributed by atoms with Gasteiger partial charge in [0.1, 0.15) is 0 Å². The molecule has 1 N–H and O–H groups in total. The van der Waals surface area contributed by atoms with Crippen molar-refractivity contribution in [1.29, 1.82) is 0 Å². The van der Waals surface area contributed by atoms with Crippen molar-refractivity contribution in [3.63, 3.8) is 0 Å². The second-order valence-electron chi connectivity index (χ2n) is 7.54. The van der Waals surface area contributed by atoms with E-state index in [2.05, 4.69) is 9.88 Å². The van der Waals surface area contributed by atoms with Crippen LogP contribution >= 0.6 is 11.6 Å². The van der Waals surface area contributed by atoms with E-state index in [-0.39, 0.29) is 11.7 Å². The number of carbonyl (C=O) groups excluding carboxylic acids is 1. The Morgan fingerprint density at radius 3 is 2.47 bits per heavy atom. The third kappa shape index (κ3) is 4.71. The van der Waals surface area contributed by atoms with Gasteiger partial charge in [-0.3, -0.25) is 4.79 Å². The molecule has 0 aliphatic carbocycles. The molecule has 5 nitrogen and oxygen atoms in total. The quantitative estimate of drug-likeness (QED) is 0.413. The van der Waals surface area contributed by atoms with Crippen molar-refractivity contribution < 1.29 is 13.2 Å². The molecule has 0 saturated carbocycles. The van der Waals surface area contributed by atoms with Crippen LogP contribution in [-0.2, 0) is 22.9 Å². The lowest BCUT2D eigenvalue weighted by atomic mass is 10.1. The van der Waals surface area contributed by atoms with Crippen LogP contribution in [0.4, 0.5) is 0 Å². The number of sulfone groups is 1. The second-order valence-corrected chi connectivity index (χ2v) is 10.2. The van der Waals surface area contributed by atoms with E-state index in [4.69, 9.17) is 11.6 Å². The van der Waals surface area contributed by atoms with E-state index >= 15 is 0 Å². The number of aromatic nitrogens is 1. The topological polar surface area (TPSA) is 68.2 Å². The summed E-state index contributed by atoms with van der Waals surface area (Å²) in [4.78, 5) is 12.9. The summed E-state index contributed by atoms with van der Waals surface area (Å²) in [6, 6.07) is 21.9. The minimum atomic E-state index is -3.23. The number of fused-ring (bicyclic) bond motifs is 1. The van der Waals surface area contributed by atoms with Gasteiger partial charge in [0.25, 0.3) is 5.91 Å². The molecule has 0 radical (unpaired) electrons. The van der Waals surface area contributed by atoms with Gasteiger partial charge in [-0.1, -0.05) is 48.9 Å². The molecule has 0 aliphatic heterocycles. The van der Waals surface area contributed by atoms with E-state index in [1.54, 1.807) is 37.3 Å². The average Bonchev–Trinajstić information content (AvgIpc) is 3.21. The molecule has 0 fully saturated rings. The summed E-state index contributed by atoms with van der Waals surface area (Å²) in [5, 5.41) is 4.59. The van der Waals surface area contributed by atoms with Crippen molar-refractivity contribution in [1.82, 2.24) is 9.88 Å². The Morgan fingerprint density at radius 2 is 1.75 bits per heavy atom. The predicted octanol–water partition coefficient (Wildman–Crippen LogP) is 5.07. The van der Waals surface area contributed by atoms with Gasteiger partial charge in [-0.2, -0.15) is 0 Å². The van der Waals surface area contributed by atoms with E-state index in [1.807, 2.05) is 48.7 Å². The Labute approximate surface area is 192 Å².